The fourth-order valence-corrected chi connectivity index (χ4v) is 7.05. The molecule has 200 valence electrons. The van der Waals surface area contributed by atoms with Crippen molar-refractivity contribution in [1.29, 1.82) is 0 Å². The maximum atomic E-state index is 14.0. The third-order valence-corrected chi connectivity index (χ3v) is 9.08. The first-order chi connectivity index (χ1) is 19.5. The van der Waals surface area contributed by atoms with Crippen molar-refractivity contribution >= 4 is 62.5 Å². The van der Waals surface area contributed by atoms with Crippen molar-refractivity contribution in [3.63, 3.8) is 0 Å². The van der Waals surface area contributed by atoms with E-state index in [1.807, 2.05) is 90.8 Å². The number of carbonyl (C=O) groups is 1. The van der Waals surface area contributed by atoms with Crippen molar-refractivity contribution in [2.45, 2.75) is 11.4 Å². The van der Waals surface area contributed by atoms with Crippen LogP contribution in [0, 0.1) is 0 Å². The van der Waals surface area contributed by atoms with Crippen molar-refractivity contribution in [3.05, 3.63) is 111 Å². The molecule has 1 saturated heterocycles. The van der Waals surface area contributed by atoms with E-state index < -0.39 is 0 Å². The molecule has 1 aromatic heterocycles. The number of para-hydroxylation sites is 2. The summed E-state index contributed by atoms with van der Waals surface area (Å²) >= 11 is 2.81. The van der Waals surface area contributed by atoms with E-state index in [-0.39, 0.29) is 18.0 Å². The van der Waals surface area contributed by atoms with E-state index in [0.29, 0.717) is 32.0 Å². The van der Waals surface area contributed by atoms with Crippen LogP contribution in [0.4, 0.5) is 17.1 Å². The Labute approximate surface area is 238 Å². The Kier molecular flexibility index (Phi) is 6.79. The van der Waals surface area contributed by atoms with Crippen LogP contribution in [-0.4, -0.2) is 30.5 Å². The van der Waals surface area contributed by atoms with E-state index in [9.17, 15) is 9.59 Å². The quantitative estimate of drug-likeness (QED) is 0.369. The van der Waals surface area contributed by atoms with Gasteiger partial charge >= 0.3 is 0 Å². The number of aliphatic imine (C=N–C) groups is 1. The molecular formula is C30H25N5O3S2. The first-order valence-electron chi connectivity index (χ1n) is 12.5. The second-order valence-corrected chi connectivity index (χ2v) is 11.0. The molecule has 1 N–H and O–H groups in total. The standard InChI is InChI=1S/C30H25N5O3S2/c1-4-17-34-28(37)25(30-33(2)22-18-21(38-3)15-16-23(22)39-30)40-29(34)24-26(31-19-11-7-5-8-12-19)32-35(27(24)36)20-13-9-6-10-14-20/h4-16,18H,1,17H2,2-3H3,(H,31,32)/b29-24-,30-25-. The number of fused-ring (bicyclic) bond motifs is 1. The number of hydrogen-bond acceptors (Lipinski definition) is 7. The first kappa shape index (κ1) is 25.7. The number of carbonyl (C=O) groups excluding carboxylic acids is 1. The highest BCUT2D eigenvalue weighted by Crippen LogP contribution is 2.46. The molecule has 10 heteroatoms. The smallest absolute Gasteiger partial charge is 0.283 e. The largest absolute Gasteiger partial charge is 0.497 e. The molecule has 3 heterocycles. The van der Waals surface area contributed by atoms with Crippen LogP contribution >= 0.6 is 23.1 Å². The molecule has 0 unspecified atom stereocenters. The van der Waals surface area contributed by atoms with E-state index in [4.69, 9.17) is 9.73 Å². The molecular weight excluding hydrogens is 542 g/mol. The van der Waals surface area contributed by atoms with Gasteiger partial charge < -0.3 is 9.64 Å². The van der Waals surface area contributed by atoms with E-state index >= 15 is 0 Å². The van der Waals surface area contributed by atoms with Gasteiger partial charge in [-0.3, -0.25) is 19.6 Å². The van der Waals surface area contributed by atoms with Crippen molar-refractivity contribution < 1.29 is 9.53 Å². The summed E-state index contributed by atoms with van der Waals surface area (Å²) < 4.78 is 8.06. The number of methoxy groups -OCH3 is 1. The van der Waals surface area contributed by atoms with Gasteiger partial charge in [0.25, 0.3) is 11.5 Å². The number of thioether (sulfide) groups is 1. The molecule has 2 aliphatic rings. The summed E-state index contributed by atoms with van der Waals surface area (Å²) in [5, 5.41) is 2.26. The third-order valence-electron chi connectivity index (χ3n) is 6.52. The Hall–Kier alpha value is -4.54. The molecule has 3 aromatic carbocycles. The van der Waals surface area contributed by atoms with Gasteiger partial charge in [-0.2, -0.15) is 0 Å². The van der Waals surface area contributed by atoms with Gasteiger partial charge in [-0.1, -0.05) is 54.2 Å². The van der Waals surface area contributed by atoms with Gasteiger partial charge in [-0.15, -0.1) is 17.9 Å². The zero-order valence-corrected chi connectivity index (χ0v) is 23.5. The Morgan fingerprint density at radius 1 is 1.02 bits per heavy atom. The van der Waals surface area contributed by atoms with Crippen LogP contribution in [0.15, 0.2) is 106 Å². The second kappa shape index (κ2) is 10.6. The maximum Gasteiger partial charge on any atom is 0.283 e. The number of ether oxygens (including phenoxy) is 1. The fraction of sp³-hybridized carbons (Fsp3) is 0.100. The monoisotopic (exact) mass is 567 g/mol. The minimum Gasteiger partial charge on any atom is -0.497 e. The molecule has 0 spiro atoms. The number of thiazole rings is 1. The summed E-state index contributed by atoms with van der Waals surface area (Å²) in [5.74, 6) is 0.817. The Morgan fingerprint density at radius 3 is 2.45 bits per heavy atom. The summed E-state index contributed by atoms with van der Waals surface area (Å²) in [6.45, 7) is 4.11. The predicted octanol–water partition coefficient (Wildman–Crippen LogP) is 3.84. The molecule has 8 nitrogen and oxygen atoms in total. The number of amidine groups is 1. The molecule has 40 heavy (non-hydrogen) atoms. The summed E-state index contributed by atoms with van der Waals surface area (Å²) in [6.07, 6.45) is 1.66. The average Bonchev–Trinajstić information content (AvgIpc) is 3.60. The molecule has 1 amide bonds. The molecule has 1 fully saturated rings. The lowest BCUT2D eigenvalue weighted by molar-refractivity contribution is -0.113. The van der Waals surface area contributed by atoms with Crippen LogP contribution in [0.1, 0.15) is 0 Å². The van der Waals surface area contributed by atoms with Gasteiger partial charge in [0.05, 0.1) is 24.2 Å². The predicted molar refractivity (Wildman–Crippen MR) is 163 cm³/mol. The van der Waals surface area contributed by atoms with Gasteiger partial charge in [0, 0.05) is 24.6 Å². The number of amides is 1. The molecule has 0 aliphatic carbocycles. The maximum absolute atomic E-state index is 14.0. The van der Waals surface area contributed by atoms with Gasteiger partial charge in [0.1, 0.15) is 25.5 Å². The first-order valence-corrected chi connectivity index (χ1v) is 14.1. The highest BCUT2D eigenvalue weighted by atomic mass is 32.2. The van der Waals surface area contributed by atoms with Gasteiger partial charge in [0.2, 0.25) is 0 Å². The summed E-state index contributed by atoms with van der Waals surface area (Å²) in [6, 6.07) is 24.6. The number of rotatable bonds is 5. The van der Waals surface area contributed by atoms with Gasteiger partial charge in [-0.05, 0) is 36.4 Å². The number of hydrogen-bond donors (Lipinski definition) is 1. The number of nitrogens with zero attached hydrogens (tertiary/aromatic N) is 4. The van der Waals surface area contributed by atoms with Crippen LogP contribution in [-0.2, 0) is 11.3 Å². The van der Waals surface area contributed by atoms with E-state index in [1.165, 1.54) is 28.1 Å². The van der Waals surface area contributed by atoms with Crippen LogP contribution in [0.3, 0.4) is 0 Å². The third kappa shape index (κ3) is 4.41. The highest BCUT2D eigenvalue weighted by Gasteiger charge is 2.36. The molecule has 2 aliphatic heterocycles. The number of allylic oxidation sites excluding steroid dienone is 1. The van der Waals surface area contributed by atoms with Crippen molar-refractivity contribution in [3.8, 4) is 5.75 Å². The van der Waals surface area contributed by atoms with Crippen LogP contribution < -0.4 is 34.8 Å². The highest BCUT2D eigenvalue weighted by molar-refractivity contribution is 8.08. The SMILES string of the molecule is C=CCn1c(=O)/c(=C2/Sc3ccc(OC)cc3N2C)s/c1=C1\C(=O)N(c2ccccc2)NC1=Nc1ccccc1. The molecule has 0 bridgehead atoms. The van der Waals surface area contributed by atoms with Crippen molar-refractivity contribution in [1.82, 2.24) is 9.99 Å². The second-order valence-electron chi connectivity index (χ2n) is 9.00. The van der Waals surface area contributed by atoms with E-state index in [2.05, 4.69) is 12.0 Å². The lowest BCUT2D eigenvalue weighted by atomic mass is 10.2. The molecule has 0 radical (unpaired) electrons. The number of anilines is 2. The summed E-state index contributed by atoms with van der Waals surface area (Å²) in [4.78, 5) is 35.7. The number of nitrogens with one attached hydrogen (secondary N) is 1. The number of benzene rings is 3. The number of aromatic nitrogens is 1. The van der Waals surface area contributed by atoms with Gasteiger partial charge in [0.15, 0.2) is 5.84 Å². The fourth-order valence-electron chi connectivity index (χ4n) is 4.57. The Morgan fingerprint density at radius 2 is 1.75 bits per heavy atom. The van der Waals surface area contributed by atoms with E-state index in [0.717, 1.165) is 21.4 Å². The lowest BCUT2D eigenvalue weighted by Crippen LogP contribution is -2.36. The van der Waals surface area contributed by atoms with E-state index in [1.54, 1.807) is 17.8 Å². The minimum absolute atomic E-state index is 0.188. The van der Waals surface area contributed by atoms with Crippen LogP contribution in [0.25, 0.3) is 10.6 Å². The zero-order valence-electron chi connectivity index (χ0n) is 21.8. The topological polar surface area (TPSA) is 79.2 Å². The number of hydrazine groups is 1. The van der Waals surface area contributed by atoms with Crippen molar-refractivity contribution in [2.24, 2.45) is 4.99 Å². The minimum atomic E-state index is -0.294. The molecule has 4 aromatic rings. The molecule has 0 atom stereocenters. The molecule has 6 rings (SSSR count). The average molecular weight is 568 g/mol. The Balaban J connectivity index is 1.61. The molecule has 0 saturated carbocycles. The van der Waals surface area contributed by atoms with Crippen molar-refractivity contribution in [2.75, 3.05) is 24.1 Å². The lowest BCUT2D eigenvalue weighted by Gasteiger charge is -2.14. The Bertz CT molecular complexity index is 1850. The normalized spacial score (nSPS) is 18.2. The zero-order chi connectivity index (χ0) is 27.8. The summed E-state index contributed by atoms with van der Waals surface area (Å²) in [7, 11) is 3.56. The van der Waals surface area contributed by atoms with Crippen LogP contribution in [0.2, 0.25) is 0 Å². The van der Waals surface area contributed by atoms with Gasteiger partial charge in [-0.25, -0.2) is 10.0 Å². The van der Waals surface area contributed by atoms with Crippen LogP contribution in [0.5, 0.6) is 5.75 Å². The summed E-state index contributed by atoms with van der Waals surface area (Å²) in [5.41, 5.74) is 5.63.